The summed E-state index contributed by atoms with van der Waals surface area (Å²) < 4.78 is 5.05. The Hall–Kier alpha value is -2.69. The van der Waals surface area contributed by atoms with E-state index < -0.39 is 6.09 Å². The van der Waals surface area contributed by atoms with Gasteiger partial charge in [0.2, 0.25) is 0 Å². The molecule has 0 saturated carbocycles. The molecule has 0 spiro atoms. The number of rotatable bonds is 4. The van der Waals surface area contributed by atoms with E-state index in [9.17, 15) is 9.70 Å². The van der Waals surface area contributed by atoms with Gasteiger partial charge in [0, 0.05) is 5.69 Å². The van der Waals surface area contributed by atoms with Crippen LogP contribution in [0.5, 0.6) is 0 Å². The summed E-state index contributed by atoms with van der Waals surface area (Å²) in [5.74, 6) is 0. The number of nitroso groups, excluding NO2 is 1. The van der Waals surface area contributed by atoms with Crippen molar-refractivity contribution in [1.29, 1.82) is 0 Å². The number of hydrogen-bond donors (Lipinski definition) is 1. The van der Waals surface area contributed by atoms with E-state index in [-0.39, 0.29) is 6.61 Å². The molecule has 0 unspecified atom stereocenters. The molecule has 2 rings (SSSR count). The maximum absolute atomic E-state index is 11.5. The van der Waals surface area contributed by atoms with Crippen molar-refractivity contribution < 1.29 is 9.53 Å². The van der Waals surface area contributed by atoms with E-state index in [0.29, 0.717) is 11.4 Å². The lowest BCUT2D eigenvalue weighted by atomic mass is 10.2. The maximum atomic E-state index is 11.5. The van der Waals surface area contributed by atoms with E-state index in [1.165, 1.54) is 12.1 Å². The highest BCUT2D eigenvalue weighted by Crippen LogP contribution is 2.15. The van der Waals surface area contributed by atoms with E-state index in [1.807, 2.05) is 30.3 Å². The molecule has 0 radical (unpaired) electrons. The average molecular weight is 256 g/mol. The standard InChI is InChI=1S/C14H12N2O3/c17-14(19-10-11-4-2-1-3-5-11)15-12-6-8-13(16-18)9-7-12/h1-9H,10H2,(H,15,17). The van der Waals surface area contributed by atoms with Crippen LogP contribution in [-0.2, 0) is 11.3 Å². The van der Waals surface area contributed by atoms with Crippen molar-refractivity contribution in [2.24, 2.45) is 5.18 Å². The number of hydrogen-bond acceptors (Lipinski definition) is 4. The smallest absolute Gasteiger partial charge is 0.411 e. The summed E-state index contributed by atoms with van der Waals surface area (Å²) in [6.07, 6.45) is -0.546. The summed E-state index contributed by atoms with van der Waals surface area (Å²) in [4.78, 5) is 21.8. The third kappa shape index (κ3) is 3.92. The van der Waals surface area contributed by atoms with Gasteiger partial charge in [-0.2, -0.15) is 0 Å². The Labute approximate surface area is 110 Å². The molecular weight excluding hydrogens is 244 g/mol. The third-order valence-corrected chi connectivity index (χ3v) is 2.43. The Morgan fingerprint density at radius 3 is 2.37 bits per heavy atom. The van der Waals surface area contributed by atoms with Gasteiger partial charge in [-0.25, -0.2) is 4.79 Å². The van der Waals surface area contributed by atoms with Crippen LogP contribution in [0, 0.1) is 4.91 Å². The fraction of sp³-hybridized carbons (Fsp3) is 0.0714. The molecule has 19 heavy (non-hydrogen) atoms. The molecule has 2 aromatic rings. The Morgan fingerprint density at radius 2 is 1.74 bits per heavy atom. The molecule has 0 aliphatic rings. The van der Waals surface area contributed by atoms with Gasteiger partial charge < -0.3 is 4.74 Å². The number of amides is 1. The number of ether oxygens (including phenoxy) is 1. The minimum atomic E-state index is -0.546. The Morgan fingerprint density at radius 1 is 1.05 bits per heavy atom. The molecule has 0 heterocycles. The number of anilines is 1. The summed E-state index contributed by atoms with van der Waals surface area (Å²) in [5.41, 5.74) is 1.77. The van der Waals surface area contributed by atoms with Gasteiger partial charge in [-0.15, -0.1) is 4.91 Å². The fourth-order valence-corrected chi connectivity index (χ4v) is 1.48. The van der Waals surface area contributed by atoms with Crippen LogP contribution in [0.2, 0.25) is 0 Å². The van der Waals surface area contributed by atoms with Crippen LogP contribution in [0.1, 0.15) is 5.56 Å². The van der Waals surface area contributed by atoms with E-state index in [2.05, 4.69) is 10.5 Å². The third-order valence-electron chi connectivity index (χ3n) is 2.43. The largest absolute Gasteiger partial charge is 0.444 e. The molecule has 0 saturated heterocycles. The van der Waals surface area contributed by atoms with Gasteiger partial charge in [0.05, 0.1) is 0 Å². The highest BCUT2D eigenvalue weighted by atomic mass is 16.5. The molecule has 0 atom stereocenters. The van der Waals surface area contributed by atoms with Gasteiger partial charge in [-0.05, 0) is 35.0 Å². The molecule has 1 amide bonds. The Kier molecular flexibility index (Phi) is 4.23. The second-order valence-corrected chi connectivity index (χ2v) is 3.82. The predicted molar refractivity (Wildman–Crippen MR) is 72.1 cm³/mol. The zero-order valence-electron chi connectivity index (χ0n) is 10.1. The highest BCUT2D eigenvalue weighted by molar-refractivity contribution is 5.84. The summed E-state index contributed by atoms with van der Waals surface area (Å²) >= 11 is 0. The van der Waals surface area contributed by atoms with Crippen LogP contribution in [-0.4, -0.2) is 6.09 Å². The van der Waals surface area contributed by atoms with Crippen LogP contribution in [0.4, 0.5) is 16.2 Å². The summed E-state index contributed by atoms with van der Waals surface area (Å²) in [6, 6.07) is 15.6. The normalized spacial score (nSPS) is 9.68. The number of nitrogens with one attached hydrogen (secondary N) is 1. The maximum Gasteiger partial charge on any atom is 0.411 e. The molecule has 0 fully saturated rings. The first-order chi connectivity index (χ1) is 9.28. The first-order valence-corrected chi connectivity index (χ1v) is 5.69. The molecule has 0 bridgehead atoms. The van der Waals surface area contributed by atoms with Crippen molar-refractivity contribution >= 4 is 17.5 Å². The van der Waals surface area contributed by atoms with Crippen molar-refractivity contribution in [2.75, 3.05) is 5.32 Å². The lowest BCUT2D eigenvalue weighted by Crippen LogP contribution is -2.13. The quantitative estimate of drug-likeness (QED) is 0.845. The summed E-state index contributed by atoms with van der Waals surface area (Å²) in [6.45, 7) is 0.209. The SMILES string of the molecule is O=Nc1ccc(NC(=O)OCc2ccccc2)cc1. The second-order valence-electron chi connectivity index (χ2n) is 3.82. The van der Waals surface area contributed by atoms with Gasteiger partial charge in [-0.1, -0.05) is 30.3 Å². The van der Waals surface area contributed by atoms with Crippen LogP contribution < -0.4 is 5.32 Å². The lowest BCUT2D eigenvalue weighted by Gasteiger charge is -2.06. The molecule has 0 aromatic heterocycles. The first-order valence-electron chi connectivity index (χ1n) is 5.69. The van der Waals surface area contributed by atoms with Crippen molar-refractivity contribution in [1.82, 2.24) is 0 Å². The number of nitrogens with zero attached hydrogens (tertiary/aromatic N) is 1. The van der Waals surface area contributed by atoms with Crippen LogP contribution in [0.3, 0.4) is 0 Å². The van der Waals surface area contributed by atoms with Crippen LogP contribution >= 0.6 is 0 Å². The first kappa shape index (κ1) is 12.8. The molecule has 0 aliphatic carbocycles. The number of carbonyl (C=O) groups excluding carboxylic acids is 1. The van der Waals surface area contributed by atoms with E-state index in [4.69, 9.17) is 4.74 Å². The van der Waals surface area contributed by atoms with Crippen molar-refractivity contribution in [3.63, 3.8) is 0 Å². The van der Waals surface area contributed by atoms with Crippen molar-refractivity contribution in [3.8, 4) is 0 Å². The van der Waals surface area contributed by atoms with E-state index in [1.54, 1.807) is 12.1 Å². The predicted octanol–water partition coefficient (Wildman–Crippen LogP) is 3.83. The molecular formula is C14H12N2O3. The molecule has 5 heteroatoms. The highest BCUT2D eigenvalue weighted by Gasteiger charge is 2.03. The molecule has 96 valence electrons. The summed E-state index contributed by atoms with van der Waals surface area (Å²) in [7, 11) is 0. The van der Waals surface area contributed by atoms with Crippen LogP contribution in [0.25, 0.3) is 0 Å². The minimum absolute atomic E-state index is 0.209. The lowest BCUT2D eigenvalue weighted by molar-refractivity contribution is 0.155. The van der Waals surface area contributed by atoms with E-state index in [0.717, 1.165) is 5.56 Å². The number of benzene rings is 2. The Balaban J connectivity index is 1.85. The topological polar surface area (TPSA) is 67.8 Å². The van der Waals surface area contributed by atoms with Crippen molar-refractivity contribution in [2.45, 2.75) is 6.61 Å². The van der Waals surface area contributed by atoms with E-state index >= 15 is 0 Å². The fourth-order valence-electron chi connectivity index (χ4n) is 1.48. The van der Waals surface area contributed by atoms with Gasteiger partial charge in [0.15, 0.2) is 0 Å². The molecule has 1 N–H and O–H groups in total. The summed E-state index contributed by atoms with van der Waals surface area (Å²) in [5, 5.41) is 5.33. The molecule has 0 aliphatic heterocycles. The van der Waals surface area contributed by atoms with Crippen LogP contribution in [0.15, 0.2) is 59.8 Å². The van der Waals surface area contributed by atoms with Gasteiger partial charge in [0.1, 0.15) is 12.3 Å². The molecule has 5 nitrogen and oxygen atoms in total. The second kappa shape index (κ2) is 6.30. The van der Waals surface area contributed by atoms with Crippen molar-refractivity contribution in [3.05, 3.63) is 65.1 Å². The molecule has 2 aromatic carbocycles. The average Bonchev–Trinajstić information content (AvgIpc) is 2.47. The number of carbonyl (C=O) groups is 1. The minimum Gasteiger partial charge on any atom is -0.444 e. The van der Waals surface area contributed by atoms with Gasteiger partial charge in [-0.3, -0.25) is 5.32 Å². The zero-order valence-corrected chi connectivity index (χ0v) is 10.1. The van der Waals surface area contributed by atoms with Gasteiger partial charge in [0.25, 0.3) is 0 Å². The zero-order chi connectivity index (χ0) is 13.5. The Bertz CT molecular complexity index is 553. The van der Waals surface area contributed by atoms with Gasteiger partial charge >= 0.3 is 6.09 Å². The monoisotopic (exact) mass is 256 g/mol.